The summed E-state index contributed by atoms with van der Waals surface area (Å²) in [6.45, 7) is 2.17. The van der Waals surface area contributed by atoms with E-state index in [1.54, 1.807) is 35.0 Å². The summed E-state index contributed by atoms with van der Waals surface area (Å²) in [5, 5.41) is 10.7. The Hall–Kier alpha value is -2.87. The first-order valence-corrected chi connectivity index (χ1v) is 9.65. The zero-order valence-corrected chi connectivity index (χ0v) is 16.0. The number of amides is 2. The number of nitrogens with zero attached hydrogens (tertiary/aromatic N) is 3. The number of carbonyl (C=O) groups excluding carboxylic acids is 2. The van der Waals surface area contributed by atoms with Gasteiger partial charge < -0.3 is 20.3 Å². The van der Waals surface area contributed by atoms with Crippen molar-refractivity contribution < 1.29 is 14.3 Å². The summed E-state index contributed by atoms with van der Waals surface area (Å²) < 4.78 is 7.19. The van der Waals surface area contributed by atoms with E-state index in [0.717, 1.165) is 19.5 Å². The molecular formula is C20H25N5O3. The van der Waals surface area contributed by atoms with Crippen molar-refractivity contribution in [2.24, 2.45) is 0 Å². The first-order chi connectivity index (χ1) is 13.6. The van der Waals surface area contributed by atoms with E-state index in [2.05, 4.69) is 15.7 Å². The summed E-state index contributed by atoms with van der Waals surface area (Å²) in [7, 11) is 1.58. The van der Waals surface area contributed by atoms with E-state index in [1.807, 2.05) is 18.3 Å². The molecule has 2 fully saturated rings. The van der Waals surface area contributed by atoms with Gasteiger partial charge in [0.2, 0.25) is 5.91 Å². The van der Waals surface area contributed by atoms with Crippen molar-refractivity contribution in [3.05, 3.63) is 36.7 Å². The highest BCUT2D eigenvalue weighted by Gasteiger charge is 2.42. The van der Waals surface area contributed by atoms with Crippen molar-refractivity contribution in [3.8, 4) is 5.75 Å². The molecule has 0 spiro atoms. The Bertz CT molecular complexity index is 859. The first-order valence-electron chi connectivity index (χ1n) is 9.65. The van der Waals surface area contributed by atoms with Gasteiger partial charge in [-0.25, -0.2) is 0 Å². The summed E-state index contributed by atoms with van der Waals surface area (Å²) >= 11 is 0. The Balaban J connectivity index is 1.62. The topological polar surface area (TPSA) is 88.5 Å². The maximum absolute atomic E-state index is 13.3. The van der Waals surface area contributed by atoms with Crippen LogP contribution in [-0.2, 0) is 15.1 Å². The Labute approximate surface area is 163 Å². The van der Waals surface area contributed by atoms with Crippen LogP contribution in [0.25, 0.3) is 0 Å². The van der Waals surface area contributed by atoms with Crippen LogP contribution in [0.2, 0.25) is 0 Å². The summed E-state index contributed by atoms with van der Waals surface area (Å²) in [5.41, 5.74) is 0.616. The predicted molar refractivity (Wildman–Crippen MR) is 106 cm³/mol. The average Bonchev–Trinajstić information content (AvgIpc) is 3.40. The number of rotatable bonds is 5. The molecule has 8 heteroatoms. The number of piperidine rings is 1. The van der Waals surface area contributed by atoms with Gasteiger partial charge >= 0.3 is 0 Å². The molecule has 1 aromatic heterocycles. The highest BCUT2D eigenvalue weighted by Crippen LogP contribution is 2.35. The van der Waals surface area contributed by atoms with Crippen molar-refractivity contribution in [3.63, 3.8) is 0 Å². The van der Waals surface area contributed by atoms with E-state index in [-0.39, 0.29) is 11.8 Å². The Morgan fingerprint density at radius 2 is 2.14 bits per heavy atom. The molecule has 148 valence electrons. The van der Waals surface area contributed by atoms with Gasteiger partial charge in [-0.3, -0.25) is 14.3 Å². The van der Waals surface area contributed by atoms with Crippen molar-refractivity contribution in [2.75, 3.05) is 37.0 Å². The van der Waals surface area contributed by atoms with Crippen LogP contribution in [0.3, 0.4) is 0 Å². The minimum absolute atomic E-state index is 0.0770. The van der Waals surface area contributed by atoms with Crippen LogP contribution in [-0.4, -0.2) is 48.3 Å². The molecule has 0 bridgehead atoms. The predicted octanol–water partition coefficient (Wildman–Crippen LogP) is 1.74. The Morgan fingerprint density at radius 3 is 2.79 bits per heavy atom. The lowest BCUT2D eigenvalue weighted by atomic mass is 9.87. The molecule has 0 unspecified atom stereocenters. The Morgan fingerprint density at radius 1 is 1.32 bits per heavy atom. The van der Waals surface area contributed by atoms with Crippen LogP contribution >= 0.6 is 0 Å². The fraction of sp³-hybridized carbons (Fsp3) is 0.450. The second kappa shape index (κ2) is 7.63. The monoisotopic (exact) mass is 383 g/mol. The molecule has 0 saturated carbocycles. The molecule has 0 atom stereocenters. The van der Waals surface area contributed by atoms with Gasteiger partial charge in [0, 0.05) is 31.0 Å². The van der Waals surface area contributed by atoms with Crippen LogP contribution in [0.5, 0.6) is 5.75 Å². The SMILES string of the molecule is COc1ccc(NC(=O)C2(n3cccn3)CCNCC2)cc1N1CCCC1=O. The average molecular weight is 383 g/mol. The molecule has 4 rings (SSSR count). The van der Waals surface area contributed by atoms with Crippen LogP contribution in [0, 0.1) is 0 Å². The van der Waals surface area contributed by atoms with Crippen LogP contribution in [0.4, 0.5) is 11.4 Å². The number of carbonyl (C=O) groups is 2. The van der Waals surface area contributed by atoms with E-state index in [9.17, 15) is 9.59 Å². The molecule has 0 radical (unpaired) electrons. The molecule has 2 aliphatic rings. The molecule has 2 saturated heterocycles. The highest BCUT2D eigenvalue weighted by atomic mass is 16.5. The maximum Gasteiger partial charge on any atom is 0.252 e. The zero-order valence-electron chi connectivity index (χ0n) is 16.0. The molecule has 2 aromatic rings. The molecule has 28 heavy (non-hydrogen) atoms. The summed E-state index contributed by atoms with van der Waals surface area (Å²) in [5.74, 6) is 0.603. The van der Waals surface area contributed by atoms with Gasteiger partial charge in [0.15, 0.2) is 0 Å². The minimum Gasteiger partial charge on any atom is -0.495 e. The molecule has 1 aromatic carbocycles. The van der Waals surface area contributed by atoms with E-state index < -0.39 is 5.54 Å². The summed E-state index contributed by atoms with van der Waals surface area (Å²) in [6, 6.07) is 7.25. The standard InChI is InChI=1S/C20H25N5O3/c1-28-17-6-5-15(14-16(17)24-12-2-4-18(24)26)23-19(27)20(7-10-21-11-8-20)25-13-3-9-22-25/h3,5-6,9,13-14,21H,2,4,7-8,10-12H2,1H3,(H,23,27). The van der Waals surface area contributed by atoms with Crippen molar-refractivity contribution >= 4 is 23.2 Å². The lowest BCUT2D eigenvalue weighted by Gasteiger charge is -2.36. The highest BCUT2D eigenvalue weighted by molar-refractivity contribution is 6.00. The molecule has 2 N–H and O–H groups in total. The van der Waals surface area contributed by atoms with Gasteiger partial charge in [0.05, 0.1) is 12.8 Å². The number of anilines is 2. The normalized spacial score (nSPS) is 18.9. The van der Waals surface area contributed by atoms with E-state index in [4.69, 9.17) is 4.74 Å². The van der Waals surface area contributed by atoms with E-state index in [1.165, 1.54) is 0 Å². The lowest BCUT2D eigenvalue weighted by molar-refractivity contribution is -0.126. The number of aromatic nitrogens is 2. The van der Waals surface area contributed by atoms with E-state index in [0.29, 0.717) is 42.9 Å². The van der Waals surface area contributed by atoms with Gasteiger partial charge in [0.25, 0.3) is 5.91 Å². The Kier molecular flexibility index (Phi) is 5.04. The van der Waals surface area contributed by atoms with Crippen molar-refractivity contribution in [2.45, 2.75) is 31.2 Å². The van der Waals surface area contributed by atoms with Gasteiger partial charge in [-0.2, -0.15) is 5.10 Å². The number of ether oxygens (including phenoxy) is 1. The third kappa shape index (κ3) is 3.24. The molecule has 0 aliphatic carbocycles. The van der Waals surface area contributed by atoms with Crippen molar-refractivity contribution in [1.82, 2.24) is 15.1 Å². The number of hydrogen-bond donors (Lipinski definition) is 2. The minimum atomic E-state index is -0.724. The summed E-state index contributed by atoms with van der Waals surface area (Å²) in [6.07, 6.45) is 6.22. The fourth-order valence-electron chi connectivity index (χ4n) is 4.05. The second-order valence-corrected chi connectivity index (χ2v) is 7.22. The molecule has 8 nitrogen and oxygen atoms in total. The first kappa shape index (κ1) is 18.5. The number of nitrogens with one attached hydrogen (secondary N) is 2. The van der Waals surface area contributed by atoms with Crippen LogP contribution in [0.1, 0.15) is 25.7 Å². The maximum atomic E-state index is 13.3. The van der Waals surface area contributed by atoms with Gasteiger partial charge in [-0.1, -0.05) is 0 Å². The third-order valence-electron chi connectivity index (χ3n) is 5.60. The number of hydrogen-bond acceptors (Lipinski definition) is 5. The quantitative estimate of drug-likeness (QED) is 0.821. The molecule has 2 amide bonds. The zero-order chi connectivity index (χ0) is 19.6. The summed E-state index contributed by atoms with van der Waals surface area (Å²) in [4.78, 5) is 27.2. The molecule has 2 aliphatic heterocycles. The van der Waals surface area contributed by atoms with E-state index >= 15 is 0 Å². The molecular weight excluding hydrogens is 358 g/mol. The third-order valence-corrected chi connectivity index (χ3v) is 5.60. The molecule has 3 heterocycles. The van der Waals surface area contributed by atoms with Gasteiger partial charge in [0.1, 0.15) is 11.3 Å². The van der Waals surface area contributed by atoms with Crippen LogP contribution < -0.4 is 20.3 Å². The fourth-order valence-corrected chi connectivity index (χ4v) is 4.05. The largest absolute Gasteiger partial charge is 0.495 e. The van der Waals surface area contributed by atoms with Crippen LogP contribution in [0.15, 0.2) is 36.7 Å². The van der Waals surface area contributed by atoms with Crippen molar-refractivity contribution in [1.29, 1.82) is 0 Å². The number of methoxy groups -OCH3 is 1. The smallest absolute Gasteiger partial charge is 0.252 e. The number of benzene rings is 1. The van der Waals surface area contributed by atoms with Gasteiger partial charge in [-0.15, -0.1) is 0 Å². The van der Waals surface area contributed by atoms with Gasteiger partial charge in [-0.05, 0) is 56.6 Å². The second-order valence-electron chi connectivity index (χ2n) is 7.22. The lowest BCUT2D eigenvalue weighted by Crippen LogP contribution is -2.52.